The third kappa shape index (κ3) is 4.32. The summed E-state index contributed by atoms with van der Waals surface area (Å²) in [6, 6.07) is 4.08. The van der Waals surface area contributed by atoms with Crippen molar-refractivity contribution in [3.8, 4) is 0 Å². The molecular formula is C11H15N3O4S. The quantitative estimate of drug-likeness (QED) is 0.593. The van der Waals surface area contributed by atoms with Crippen molar-refractivity contribution in [3.63, 3.8) is 0 Å². The second kappa shape index (κ2) is 6.83. The highest BCUT2D eigenvalue weighted by Gasteiger charge is 2.15. The lowest BCUT2D eigenvalue weighted by Gasteiger charge is -2.07. The number of nitrogens with one attached hydrogen (secondary N) is 2. The summed E-state index contributed by atoms with van der Waals surface area (Å²) in [4.78, 5) is 22.0. The van der Waals surface area contributed by atoms with Gasteiger partial charge in [-0.3, -0.25) is 19.1 Å². The van der Waals surface area contributed by atoms with Crippen molar-refractivity contribution >= 4 is 28.1 Å². The van der Waals surface area contributed by atoms with Crippen LogP contribution in [0.15, 0.2) is 18.2 Å². The van der Waals surface area contributed by atoms with Crippen molar-refractivity contribution in [2.24, 2.45) is 0 Å². The van der Waals surface area contributed by atoms with Crippen LogP contribution < -0.4 is 10.6 Å². The van der Waals surface area contributed by atoms with E-state index >= 15 is 0 Å². The van der Waals surface area contributed by atoms with Gasteiger partial charge in [0.25, 0.3) is 11.6 Å². The molecule has 0 fully saturated rings. The van der Waals surface area contributed by atoms with Crippen molar-refractivity contribution in [1.29, 1.82) is 0 Å². The van der Waals surface area contributed by atoms with Crippen LogP contribution in [0.1, 0.15) is 10.4 Å². The van der Waals surface area contributed by atoms with Crippen molar-refractivity contribution in [3.05, 3.63) is 33.9 Å². The average Bonchev–Trinajstić information content (AvgIpc) is 2.37. The molecule has 0 bridgehead atoms. The average molecular weight is 285 g/mol. The molecule has 0 heterocycles. The van der Waals surface area contributed by atoms with Gasteiger partial charge in [0.1, 0.15) is 5.69 Å². The van der Waals surface area contributed by atoms with Crippen LogP contribution in [0.3, 0.4) is 0 Å². The zero-order valence-electron chi connectivity index (χ0n) is 10.6. The van der Waals surface area contributed by atoms with Crippen LogP contribution in [0.25, 0.3) is 0 Å². The van der Waals surface area contributed by atoms with Crippen LogP contribution >= 0.6 is 0 Å². The number of rotatable bonds is 6. The molecule has 0 radical (unpaired) electrons. The minimum atomic E-state index is -0.971. The molecule has 0 saturated heterocycles. The molecule has 8 heteroatoms. The zero-order valence-corrected chi connectivity index (χ0v) is 11.5. The van der Waals surface area contributed by atoms with E-state index in [1.807, 2.05) is 0 Å². The zero-order chi connectivity index (χ0) is 14.4. The predicted molar refractivity (Wildman–Crippen MR) is 73.9 cm³/mol. The first kappa shape index (κ1) is 15.1. The Bertz CT molecular complexity index is 519. The number of nitrogens with zero attached hydrogens (tertiary/aromatic N) is 1. The topological polar surface area (TPSA) is 101 Å². The standard InChI is InChI=1S/C11H15N3O4S/c1-12-9-7-8(3-4-10(9)14(16)17)11(15)13-5-6-19(2)18/h3-4,7,12H,5-6H2,1-2H3,(H,13,15). The van der Waals surface area contributed by atoms with Gasteiger partial charge in [-0.1, -0.05) is 0 Å². The molecular weight excluding hydrogens is 270 g/mol. The number of hydrogen-bond donors (Lipinski definition) is 2. The summed E-state index contributed by atoms with van der Waals surface area (Å²) in [5.41, 5.74) is 0.502. The van der Waals surface area contributed by atoms with E-state index in [4.69, 9.17) is 0 Å². The fourth-order valence-electron chi connectivity index (χ4n) is 1.45. The Morgan fingerprint density at radius 2 is 2.16 bits per heavy atom. The second-order valence-electron chi connectivity index (χ2n) is 3.77. The summed E-state index contributed by atoms with van der Waals surface area (Å²) in [5, 5.41) is 16.0. The maximum atomic E-state index is 11.8. The van der Waals surface area contributed by atoms with Crippen LogP contribution in [0.2, 0.25) is 0 Å². The fraction of sp³-hybridized carbons (Fsp3) is 0.364. The molecule has 0 spiro atoms. The largest absolute Gasteiger partial charge is 0.383 e. The minimum Gasteiger partial charge on any atom is -0.383 e. The Kier molecular flexibility index (Phi) is 5.43. The summed E-state index contributed by atoms with van der Waals surface area (Å²) in [7, 11) is 0.575. The molecule has 1 unspecified atom stereocenters. The Morgan fingerprint density at radius 1 is 1.47 bits per heavy atom. The third-order valence-electron chi connectivity index (χ3n) is 2.40. The molecule has 0 aliphatic heterocycles. The Hall–Kier alpha value is -1.96. The molecule has 0 aliphatic rings. The summed E-state index contributed by atoms with van der Waals surface area (Å²) >= 11 is 0. The Morgan fingerprint density at radius 3 is 2.68 bits per heavy atom. The highest BCUT2D eigenvalue weighted by atomic mass is 32.2. The Labute approximate surface area is 113 Å². The first-order valence-electron chi connectivity index (χ1n) is 5.50. The van der Waals surface area contributed by atoms with Gasteiger partial charge in [-0.25, -0.2) is 0 Å². The SMILES string of the molecule is CNc1cc(C(=O)NCCS(C)=O)ccc1[N+](=O)[O-]. The number of hydrogen-bond acceptors (Lipinski definition) is 5. The van der Waals surface area contributed by atoms with E-state index in [0.29, 0.717) is 17.9 Å². The maximum Gasteiger partial charge on any atom is 0.292 e. The molecule has 1 amide bonds. The monoisotopic (exact) mass is 285 g/mol. The van der Waals surface area contributed by atoms with Gasteiger partial charge in [0.05, 0.1) is 4.92 Å². The van der Waals surface area contributed by atoms with Crippen molar-refractivity contribution in [1.82, 2.24) is 5.32 Å². The molecule has 104 valence electrons. The van der Waals surface area contributed by atoms with E-state index in [1.165, 1.54) is 18.2 Å². The minimum absolute atomic E-state index is 0.0892. The first-order chi connectivity index (χ1) is 8.95. The van der Waals surface area contributed by atoms with E-state index in [2.05, 4.69) is 10.6 Å². The van der Waals surface area contributed by atoms with Gasteiger partial charge in [-0.05, 0) is 12.1 Å². The molecule has 19 heavy (non-hydrogen) atoms. The molecule has 2 N–H and O–H groups in total. The van der Waals surface area contributed by atoms with E-state index in [9.17, 15) is 19.1 Å². The number of amides is 1. The molecule has 1 atom stereocenters. The summed E-state index contributed by atoms with van der Waals surface area (Å²) < 4.78 is 10.9. The lowest BCUT2D eigenvalue weighted by atomic mass is 10.1. The highest BCUT2D eigenvalue weighted by molar-refractivity contribution is 7.84. The van der Waals surface area contributed by atoms with Crippen LogP contribution in [0.5, 0.6) is 0 Å². The molecule has 0 aliphatic carbocycles. The van der Waals surface area contributed by atoms with Crippen molar-refractivity contribution < 1.29 is 13.9 Å². The van der Waals surface area contributed by atoms with Gasteiger partial charge < -0.3 is 10.6 Å². The molecule has 1 aromatic carbocycles. The fourth-order valence-corrected chi connectivity index (χ4v) is 1.84. The molecule has 0 aromatic heterocycles. The number of carbonyl (C=O) groups excluding carboxylic acids is 1. The molecule has 0 saturated carbocycles. The predicted octanol–water partition coefficient (Wildman–Crippen LogP) is 0.745. The van der Waals surface area contributed by atoms with E-state index < -0.39 is 15.7 Å². The van der Waals surface area contributed by atoms with Crippen LogP contribution in [0, 0.1) is 10.1 Å². The van der Waals surface area contributed by atoms with Crippen LogP contribution in [-0.4, -0.2) is 40.6 Å². The number of benzene rings is 1. The molecule has 1 rings (SSSR count). The van der Waals surface area contributed by atoms with E-state index in [1.54, 1.807) is 13.3 Å². The second-order valence-corrected chi connectivity index (χ2v) is 5.33. The smallest absolute Gasteiger partial charge is 0.292 e. The van der Waals surface area contributed by atoms with Crippen molar-refractivity contribution in [2.45, 2.75) is 0 Å². The normalized spacial score (nSPS) is 11.7. The summed E-state index contributed by atoms with van der Waals surface area (Å²) in [6.07, 6.45) is 1.55. The highest BCUT2D eigenvalue weighted by Crippen LogP contribution is 2.24. The summed E-state index contributed by atoms with van der Waals surface area (Å²) in [5.74, 6) is 0.0225. The number of nitro groups is 1. The van der Waals surface area contributed by atoms with Crippen LogP contribution in [0.4, 0.5) is 11.4 Å². The third-order valence-corrected chi connectivity index (χ3v) is 3.18. The van der Waals surface area contributed by atoms with E-state index in [-0.39, 0.29) is 17.3 Å². The lowest BCUT2D eigenvalue weighted by molar-refractivity contribution is -0.383. The maximum absolute atomic E-state index is 11.8. The van der Waals surface area contributed by atoms with Gasteiger partial charge in [0.15, 0.2) is 0 Å². The number of carbonyl (C=O) groups is 1. The molecule has 7 nitrogen and oxygen atoms in total. The van der Waals surface area contributed by atoms with E-state index in [0.717, 1.165) is 0 Å². The van der Waals surface area contributed by atoms with Crippen LogP contribution in [-0.2, 0) is 10.8 Å². The lowest BCUT2D eigenvalue weighted by Crippen LogP contribution is -2.27. The van der Waals surface area contributed by atoms with Gasteiger partial charge >= 0.3 is 0 Å². The van der Waals surface area contributed by atoms with Crippen molar-refractivity contribution in [2.75, 3.05) is 30.9 Å². The number of anilines is 1. The summed E-state index contributed by atoms with van der Waals surface area (Å²) in [6.45, 7) is 0.299. The number of nitro benzene ring substituents is 1. The van der Waals surface area contributed by atoms with Gasteiger partial charge in [-0.15, -0.1) is 0 Å². The Balaban J connectivity index is 2.81. The first-order valence-corrected chi connectivity index (χ1v) is 7.23. The van der Waals surface area contributed by atoms with Gasteiger partial charge in [0.2, 0.25) is 0 Å². The van der Waals surface area contributed by atoms with Gasteiger partial charge in [-0.2, -0.15) is 0 Å². The molecule has 1 aromatic rings. The van der Waals surface area contributed by atoms with Gasteiger partial charge in [0, 0.05) is 48.0 Å².